The maximum Gasteiger partial charge on any atom is 0.321 e. The number of alkyl halides is 2. The molecule has 1 heterocycles. The molecular weight excluding hydrogens is 349 g/mol. The van der Waals surface area contributed by atoms with Crippen molar-refractivity contribution in [3.8, 4) is 5.75 Å². The Hall–Kier alpha value is -2.71. The van der Waals surface area contributed by atoms with E-state index in [-0.39, 0.29) is 11.3 Å². The van der Waals surface area contributed by atoms with Crippen LogP contribution in [-0.2, 0) is 13.5 Å². The second-order valence-electron chi connectivity index (χ2n) is 5.70. The summed E-state index contributed by atoms with van der Waals surface area (Å²) in [6.07, 6.45) is -1.29. The number of rotatable bonds is 7. The lowest BCUT2D eigenvalue weighted by molar-refractivity contribution is 0.102. The highest BCUT2D eigenvalue weighted by molar-refractivity contribution is 5.88. The van der Waals surface area contributed by atoms with E-state index < -0.39 is 24.3 Å². The second kappa shape index (κ2) is 8.59. The molecule has 1 unspecified atom stereocenters. The highest BCUT2D eigenvalue weighted by atomic mass is 19.3. The smallest absolute Gasteiger partial charge is 0.321 e. The molecule has 142 valence electrons. The Labute approximate surface area is 149 Å². The summed E-state index contributed by atoms with van der Waals surface area (Å²) in [5, 5.41) is 8.86. The van der Waals surface area contributed by atoms with Crippen molar-refractivity contribution in [1.29, 1.82) is 0 Å². The molecule has 0 saturated heterocycles. The minimum atomic E-state index is -2.92. The Bertz CT molecular complexity index is 764. The highest BCUT2D eigenvalue weighted by Crippen LogP contribution is 2.26. The molecule has 0 radical (unpaired) electrons. The number of urea groups is 1. The van der Waals surface area contributed by atoms with Crippen molar-refractivity contribution in [3.63, 3.8) is 0 Å². The van der Waals surface area contributed by atoms with Crippen LogP contribution >= 0.6 is 0 Å². The van der Waals surface area contributed by atoms with Crippen molar-refractivity contribution >= 4 is 11.8 Å². The Morgan fingerprint density at radius 3 is 2.65 bits per heavy atom. The molecule has 2 amide bonds. The van der Waals surface area contributed by atoms with Crippen LogP contribution in [0.5, 0.6) is 5.75 Å². The summed E-state index contributed by atoms with van der Waals surface area (Å²) in [5.41, 5.74) is 0.720. The van der Waals surface area contributed by atoms with Gasteiger partial charge in [-0.25, -0.2) is 18.0 Å². The fourth-order valence-electron chi connectivity index (χ4n) is 2.48. The van der Waals surface area contributed by atoms with E-state index in [1.54, 1.807) is 13.1 Å². The molecule has 0 spiro atoms. The lowest BCUT2D eigenvalue weighted by Crippen LogP contribution is -2.36. The Morgan fingerprint density at radius 2 is 2.08 bits per heavy atom. The summed E-state index contributed by atoms with van der Waals surface area (Å²) in [5.74, 6) is -0.474. The molecule has 1 atom stereocenters. The van der Waals surface area contributed by atoms with Crippen molar-refractivity contribution in [2.24, 2.45) is 7.05 Å². The molecular formula is C17H21F3N4O2. The van der Waals surface area contributed by atoms with Crippen molar-refractivity contribution < 1.29 is 22.7 Å². The van der Waals surface area contributed by atoms with Gasteiger partial charge in [0.1, 0.15) is 11.9 Å². The third kappa shape index (κ3) is 4.68. The van der Waals surface area contributed by atoms with Gasteiger partial charge in [0.05, 0.1) is 12.8 Å². The lowest BCUT2D eigenvalue weighted by atomic mass is 10.1. The number of anilines is 1. The van der Waals surface area contributed by atoms with Crippen LogP contribution in [0.2, 0.25) is 0 Å². The minimum absolute atomic E-state index is 0.0647. The molecule has 1 aromatic heterocycles. The number of nitrogens with zero attached hydrogens (tertiary/aromatic N) is 2. The van der Waals surface area contributed by atoms with Gasteiger partial charge in [-0.1, -0.05) is 19.4 Å². The van der Waals surface area contributed by atoms with Crippen molar-refractivity contribution in [2.45, 2.75) is 32.2 Å². The van der Waals surface area contributed by atoms with Gasteiger partial charge in [-0.2, -0.15) is 5.10 Å². The van der Waals surface area contributed by atoms with Crippen LogP contribution in [0, 0.1) is 5.82 Å². The van der Waals surface area contributed by atoms with Gasteiger partial charge in [-0.15, -0.1) is 0 Å². The first-order valence-electron chi connectivity index (χ1n) is 8.07. The summed E-state index contributed by atoms with van der Waals surface area (Å²) in [7, 11) is 2.91. The SMILES string of the molecule is CCCc1cc(NC(=O)NC(c2ccc(OC)c(F)c2)C(F)F)n(C)n1. The van der Waals surface area contributed by atoms with Crippen molar-refractivity contribution in [2.75, 3.05) is 12.4 Å². The van der Waals surface area contributed by atoms with Crippen LogP contribution in [0.25, 0.3) is 0 Å². The van der Waals surface area contributed by atoms with Gasteiger partial charge in [0.15, 0.2) is 11.6 Å². The molecule has 2 aromatic rings. The maximum atomic E-state index is 13.8. The summed E-state index contributed by atoms with van der Waals surface area (Å²) < 4.78 is 46.7. The number of hydrogen-bond acceptors (Lipinski definition) is 3. The van der Waals surface area contributed by atoms with Gasteiger partial charge < -0.3 is 10.1 Å². The maximum absolute atomic E-state index is 13.8. The monoisotopic (exact) mass is 370 g/mol. The highest BCUT2D eigenvalue weighted by Gasteiger charge is 2.26. The number of benzene rings is 1. The van der Waals surface area contributed by atoms with E-state index in [1.165, 1.54) is 23.9 Å². The summed E-state index contributed by atoms with van der Waals surface area (Å²) in [6, 6.07) is 2.60. The molecule has 0 aliphatic carbocycles. The van der Waals surface area contributed by atoms with Gasteiger partial charge in [-0.05, 0) is 24.1 Å². The normalized spacial score (nSPS) is 12.1. The predicted octanol–water partition coefficient (Wildman–Crippen LogP) is 3.65. The number of aromatic nitrogens is 2. The molecule has 6 nitrogen and oxygen atoms in total. The molecule has 2 N–H and O–H groups in total. The summed E-state index contributed by atoms with van der Waals surface area (Å²) in [4.78, 5) is 12.1. The fourth-order valence-corrected chi connectivity index (χ4v) is 2.48. The second-order valence-corrected chi connectivity index (χ2v) is 5.70. The number of amides is 2. The molecule has 0 bridgehead atoms. The zero-order valence-corrected chi connectivity index (χ0v) is 14.7. The molecule has 26 heavy (non-hydrogen) atoms. The fraction of sp³-hybridized carbons (Fsp3) is 0.412. The van der Waals surface area contributed by atoms with Gasteiger partial charge >= 0.3 is 6.03 Å². The third-order valence-corrected chi connectivity index (χ3v) is 3.75. The molecule has 0 aliphatic heterocycles. The first-order chi connectivity index (χ1) is 12.3. The van der Waals surface area contributed by atoms with Gasteiger partial charge in [0, 0.05) is 13.1 Å². The van der Waals surface area contributed by atoms with E-state index in [1.807, 2.05) is 6.92 Å². The number of ether oxygens (including phenoxy) is 1. The molecule has 2 rings (SSSR count). The van der Waals surface area contributed by atoms with Crippen molar-refractivity contribution in [1.82, 2.24) is 15.1 Å². The molecule has 0 fully saturated rings. The van der Waals surface area contributed by atoms with Crippen LogP contribution in [0.3, 0.4) is 0 Å². The van der Waals surface area contributed by atoms with E-state index in [0.717, 1.165) is 24.6 Å². The zero-order chi connectivity index (χ0) is 19.3. The Kier molecular flexibility index (Phi) is 6.48. The topological polar surface area (TPSA) is 68.2 Å². The Balaban J connectivity index is 2.12. The third-order valence-electron chi connectivity index (χ3n) is 3.75. The van der Waals surface area contributed by atoms with E-state index in [9.17, 15) is 18.0 Å². The average molecular weight is 370 g/mol. The summed E-state index contributed by atoms with van der Waals surface area (Å²) in [6.45, 7) is 2.00. The standard InChI is InChI=1S/C17H21F3N4O2/c1-4-5-11-9-14(24(2)23-11)21-17(25)22-15(16(19)20)10-6-7-13(26-3)12(18)8-10/h6-9,15-16H,4-5H2,1-3H3,(H2,21,22,25). The predicted molar refractivity (Wildman–Crippen MR) is 91.1 cm³/mol. The van der Waals surface area contributed by atoms with E-state index >= 15 is 0 Å². The summed E-state index contributed by atoms with van der Waals surface area (Å²) >= 11 is 0. The number of hydrogen-bond donors (Lipinski definition) is 2. The number of methoxy groups -OCH3 is 1. The van der Waals surface area contributed by atoms with E-state index in [0.29, 0.717) is 5.82 Å². The number of carbonyl (C=O) groups is 1. The first kappa shape index (κ1) is 19.6. The van der Waals surface area contributed by atoms with Gasteiger partial charge in [0.25, 0.3) is 6.43 Å². The lowest BCUT2D eigenvalue weighted by Gasteiger charge is -2.19. The van der Waals surface area contributed by atoms with Crippen LogP contribution in [0.1, 0.15) is 30.6 Å². The van der Waals surface area contributed by atoms with E-state index in [2.05, 4.69) is 15.7 Å². The first-order valence-corrected chi connectivity index (χ1v) is 8.07. The van der Waals surface area contributed by atoms with Crippen LogP contribution in [-0.4, -0.2) is 29.3 Å². The quantitative estimate of drug-likeness (QED) is 0.782. The van der Waals surface area contributed by atoms with Crippen LogP contribution < -0.4 is 15.4 Å². The number of nitrogens with one attached hydrogen (secondary N) is 2. The molecule has 1 aromatic carbocycles. The van der Waals surface area contributed by atoms with Crippen molar-refractivity contribution in [3.05, 3.63) is 41.3 Å². The van der Waals surface area contributed by atoms with E-state index in [4.69, 9.17) is 4.74 Å². The number of halogens is 3. The van der Waals surface area contributed by atoms with Gasteiger partial charge in [0.2, 0.25) is 0 Å². The molecule has 9 heteroatoms. The van der Waals surface area contributed by atoms with Crippen LogP contribution in [0.4, 0.5) is 23.8 Å². The van der Waals surface area contributed by atoms with Crippen LogP contribution in [0.15, 0.2) is 24.3 Å². The molecule has 0 saturated carbocycles. The average Bonchev–Trinajstić information content (AvgIpc) is 2.92. The zero-order valence-electron chi connectivity index (χ0n) is 14.7. The Morgan fingerprint density at radius 1 is 1.35 bits per heavy atom. The van der Waals surface area contributed by atoms with Gasteiger partial charge in [-0.3, -0.25) is 10.00 Å². The largest absolute Gasteiger partial charge is 0.494 e. The molecule has 0 aliphatic rings. The minimum Gasteiger partial charge on any atom is -0.494 e. The number of aryl methyl sites for hydroxylation is 2. The number of carbonyl (C=O) groups excluding carboxylic acids is 1.